The van der Waals surface area contributed by atoms with Crippen molar-refractivity contribution in [3.63, 3.8) is 0 Å². The fraction of sp³-hybridized carbons (Fsp3) is 0.773. The summed E-state index contributed by atoms with van der Waals surface area (Å²) in [4.78, 5) is 39.0. The van der Waals surface area contributed by atoms with E-state index in [4.69, 9.17) is 9.47 Å². The highest BCUT2D eigenvalue weighted by Gasteiger charge is 2.52. The largest absolute Gasteiger partial charge is 0.480 e. The second-order valence-electron chi connectivity index (χ2n) is 9.27. The third-order valence-corrected chi connectivity index (χ3v) is 5.25. The number of aliphatic hydroxyl groups excluding tert-OH is 1. The van der Waals surface area contributed by atoms with E-state index in [-0.39, 0.29) is 19.1 Å². The van der Waals surface area contributed by atoms with Gasteiger partial charge in [-0.15, -0.1) is 6.58 Å². The molecule has 9 heteroatoms. The maximum atomic E-state index is 13.5. The van der Waals surface area contributed by atoms with Gasteiger partial charge in [-0.1, -0.05) is 13.0 Å². The summed E-state index contributed by atoms with van der Waals surface area (Å²) in [5.74, 6) is -1.85. The highest BCUT2D eigenvalue weighted by molar-refractivity contribution is 5.92. The van der Waals surface area contributed by atoms with Gasteiger partial charge in [-0.3, -0.25) is 4.79 Å². The molecule has 9 nitrogen and oxygen atoms in total. The molecule has 0 aromatic rings. The summed E-state index contributed by atoms with van der Waals surface area (Å²) in [6.07, 6.45) is 0.776. The zero-order chi connectivity index (χ0) is 24.0. The van der Waals surface area contributed by atoms with Crippen LogP contribution in [0.15, 0.2) is 12.7 Å². The number of alkyl carbamates (subject to hydrolysis) is 1. The van der Waals surface area contributed by atoms with E-state index in [1.54, 1.807) is 26.8 Å². The van der Waals surface area contributed by atoms with Gasteiger partial charge in [0.25, 0.3) is 0 Å². The zero-order valence-corrected chi connectivity index (χ0v) is 19.5. The van der Waals surface area contributed by atoms with Gasteiger partial charge < -0.3 is 29.9 Å². The van der Waals surface area contributed by atoms with Crippen LogP contribution in [0.1, 0.15) is 67.2 Å². The predicted octanol–water partition coefficient (Wildman–Crippen LogP) is 2.47. The smallest absolute Gasteiger partial charge is 0.408 e. The number of nitrogens with one attached hydrogen (secondary N) is 1. The summed E-state index contributed by atoms with van der Waals surface area (Å²) in [5, 5.41) is 22.4. The number of likely N-dealkylation sites (tertiary alicyclic amines) is 1. The number of hydrogen-bond donors (Lipinski definition) is 3. The summed E-state index contributed by atoms with van der Waals surface area (Å²) in [6.45, 7) is 13.7. The van der Waals surface area contributed by atoms with E-state index in [2.05, 4.69) is 11.9 Å². The van der Waals surface area contributed by atoms with Gasteiger partial charge in [-0.05, 0) is 53.9 Å². The number of aliphatic carboxylic acids is 1. The van der Waals surface area contributed by atoms with E-state index in [1.807, 2.05) is 13.8 Å². The van der Waals surface area contributed by atoms with Crippen LogP contribution >= 0.6 is 0 Å². The number of carbonyl (C=O) groups excluding carboxylic acids is 2. The van der Waals surface area contributed by atoms with Crippen LogP contribution in [0.4, 0.5) is 4.79 Å². The van der Waals surface area contributed by atoms with Crippen LogP contribution in [-0.4, -0.2) is 75.1 Å². The summed E-state index contributed by atoms with van der Waals surface area (Å²) in [5.41, 5.74) is -2.37. The van der Waals surface area contributed by atoms with Gasteiger partial charge in [-0.25, -0.2) is 9.59 Å². The summed E-state index contributed by atoms with van der Waals surface area (Å²) >= 11 is 0. The molecular weight excluding hydrogens is 404 g/mol. The monoisotopic (exact) mass is 442 g/mol. The number of aliphatic hydroxyl groups is 1. The number of carboxylic acids is 1. The third-order valence-electron chi connectivity index (χ3n) is 5.25. The first-order valence-electron chi connectivity index (χ1n) is 10.7. The van der Waals surface area contributed by atoms with Crippen LogP contribution in [0.2, 0.25) is 0 Å². The molecule has 0 radical (unpaired) electrons. The molecule has 1 rings (SSSR count). The molecule has 0 unspecified atom stereocenters. The van der Waals surface area contributed by atoms with Crippen molar-refractivity contribution in [3.8, 4) is 0 Å². The number of ether oxygens (including phenoxy) is 2. The van der Waals surface area contributed by atoms with Gasteiger partial charge >= 0.3 is 12.1 Å². The predicted molar refractivity (Wildman–Crippen MR) is 116 cm³/mol. The number of amides is 2. The van der Waals surface area contributed by atoms with Crippen molar-refractivity contribution in [2.75, 3.05) is 6.54 Å². The van der Waals surface area contributed by atoms with Crippen LogP contribution < -0.4 is 5.32 Å². The van der Waals surface area contributed by atoms with Crippen LogP contribution in [0.3, 0.4) is 0 Å². The molecule has 0 aromatic carbocycles. The average molecular weight is 443 g/mol. The second kappa shape index (κ2) is 10.9. The minimum absolute atomic E-state index is 0.0966. The lowest BCUT2D eigenvalue weighted by Gasteiger charge is -2.37. The Hall–Kier alpha value is -2.13. The SMILES string of the molecule is C=CCC[C@@H](C)O[C@@H](CC)[C@H](NC(=O)OC(C)(C)C)C(=O)N1C[C@H](O)C[C@@]1(C)C(=O)O. The number of carbonyl (C=O) groups is 3. The molecule has 0 aliphatic carbocycles. The van der Waals surface area contributed by atoms with E-state index in [0.717, 1.165) is 11.3 Å². The molecular formula is C22H38N2O7. The number of β-amino-alcohol motifs (C(OH)–C–C–N with tert-alkyl or cyclic N) is 1. The molecule has 1 aliphatic heterocycles. The number of nitrogens with zero attached hydrogens (tertiary/aromatic N) is 1. The molecule has 0 saturated carbocycles. The van der Waals surface area contributed by atoms with Gasteiger partial charge in [0.2, 0.25) is 5.91 Å². The Bertz CT molecular complexity index is 661. The molecule has 5 atom stereocenters. The van der Waals surface area contributed by atoms with Crippen LogP contribution in [0, 0.1) is 0 Å². The van der Waals surface area contributed by atoms with Crippen molar-refractivity contribution in [3.05, 3.63) is 12.7 Å². The van der Waals surface area contributed by atoms with Crippen LogP contribution in [0.25, 0.3) is 0 Å². The Kier molecular flexibility index (Phi) is 9.50. The van der Waals surface area contributed by atoms with Crippen molar-refractivity contribution in [2.24, 2.45) is 0 Å². The number of hydrogen-bond acceptors (Lipinski definition) is 6. The van der Waals surface area contributed by atoms with Gasteiger partial charge in [0.15, 0.2) is 0 Å². The van der Waals surface area contributed by atoms with Crippen molar-refractivity contribution in [2.45, 2.75) is 103 Å². The van der Waals surface area contributed by atoms with Crippen molar-refractivity contribution < 1.29 is 34.1 Å². The Morgan fingerprint density at radius 2 is 1.97 bits per heavy atom. The number of allylic oxidation sites excluding steroid dienone is 1. The normalized spacial score (nSPS) is 24.2. The van der Waals surface area contributed by atoms with Crippen molar-refractivity contribution in [1.29, 1.82) is 0 Å². The third kappa shape index (κ3) is 7.50. The fourth-order valence-electron chi connectivity index (χ4n) is 3.63. The molecule has 1 aliphatic rings. The molecule has 1 heterocycles. The highest BCUT2D eigenvalue weighted by atomic mass is 16.6. The minimum atomic E-state index is -1.59. The lowest BCUT2D eigenvalue weighted by molar-refractivity contribution is -0.158. The fourth-order valence-corrected chi connectivity index (χ4v) is 3.63. The molecule has 1 fully saturated rings. The molecule has 178 valence electrons. The van der Waals surface area contributed by atoms with Crippen molar-refractivity contribution in [1.82, 2.24) is 10.2 Å². The summed E-state index contributed by atoms with van der Waals surface area (Å²) in [7, 11) is 0. The van der Waals surface area contributed by atoms with E-state index in [1.165, 1.54) is 6.92 Å². The first-order valence-corrected chi connectivity index (χ1v) is 10.7. The van der Waals surface area contributed by atoms with Gasteiger partial charge in [0.1, 0.15) is 17.2 Å². The number of carboxylic acid groups (broad SMARTS) is 1. The summed E-state index contributed by atoms with van der Waals surface area (Å²) < 4.78 is 11.4. The maximum Gasteiger partial charge on any atom is 0.408 e. The van der Waals surface area contributed by atoms with Crippen LogP contribution in [-0.2, 0) is 19.1 Å². The highest BCUT2D eigenvalue weighted by Crippen LogP contribution is 2.31. The molecule has 3 N–H and O–H groups in total. The molecule has 2 amide bonds. The Balaban J connectivity index is 3.20. The zero-order valence-electron chi connectivity index (χ0n) is 19.5. The van der Waals surface area contributed by atoms with Gasteiger partial charge in [0.05, 0.1) is 18.3 Å². The standard InChI is InChI=1S/C22H38N2O7/c1-8-10-11-14(3)30-16(9-2)17(23-20(29)31-21(4,5)6)18(26)24-13-15(25)12-22(24,7)19(27)28/h8,14-17,25H,1,9-13H2,2-7H3,(H,23,29)(H,27,28)/t14-,15-,16+,17+,22+/m1/s1. The van der Waals surface area contributed by atoms with E-state index >= 15 is 0 Å². The maximum absolute atomic E-state index is 13.5. The first kappa shape index (κ1) is 26.9. The van der Waals surface area contributed by atoms with E-state index < -0.39 is 47.4 Å². The summed E-state index contributed by atoms with van der Waals surface area (Å²) in [6, 6.07) is -1.17. The quantitative estimate of drug-likeness (QED) is 0.444. The van der Waals surface area contributed by atoms with Crippen molar-refractivity contribution >= 4 is 18.0 Å². The minimum Gasteiger partial charge on any atom is -0.480 e. The average Bonchev–Trinajstić information content (AvgIpc) is 2.96. The number of rotatable bonds is 10. The van der Waals surface area contributed by atoms with Gasteiger partial charge in [-0.2, -0.15) is 0 Å². The van der Waals surface area contributed by atoms with E-state index in [0.29, 0.717) is 12.8 Å². The lowest BCUT2D eigenvalue weighted by Crippen LogP contribution is -2.61. The Morgan fingerprint density at radius 3 is 2.45 bits per heavy atom. The molecule has 0 aromatic heterocycles. The van der Waals surface area contributed by atoms with Crippen LogP contribution in [0.5, 0.6) is 0 Å². The van der Waals surface area contributed by atoms with Gasteiger partial charge in [0, 0.05) is 13.0 Å². The Morgan fingerprint density at radius 1 is 1.35 bits per heavy atom. The topological polar surface area (TPSA) is 125 Å². The second-order valence-corrected chi connectivity index (χ2v) is 9.27. The molecule has 0 spiro atoms. The lowest BCUT2D eigenvalue weighted by atomic mass is 9.96. The molecule has 0 bridgehead atoms. The Labute approximate surface area is 184 Å². The molecule has 1 saturated heterocycles. The molecule has 31 heavy (non-hydrogen) atoms. The first-order chi connectivity index (χ1) is 14.2. The van der Waals surface area contributed by atoms with E-state index in [9.17, 15) is 24.6 Å².